The summed E-state index contributed by atoms with van der Waals surface area (Å²) in [5, 5.41) is 3.08. The smallest absolute Gasteiger partial charge is 0.251 e. The predicted molar refractivity (Wildman–Crippen MR) is 102 cm³/mol. The zero-order valence-corrected chi connectivity index (χ0v) is 15.1. The van der Waals surface area contributed by atoms with Crippen LogP contribution in [-0.2, 0) is 11.2 Å². The standard InChI is InChI=1S/C22H26N2O2/c25-22(23-14-20-15-24-12-6-10-19(24)16-26-20)21-11-5-4-9-18(21)13-17-7-2-1-3-8-17/h1-5,7-9,11,19-20H,6,10,12-16H2,(H,23,25)/t19-,20-/m1/s1. The van der Waals surface area contributed by atoms with E-state index >= 15 is 0 Å². The Morgan fingerprint density at radius 3 is 2.81 bits per heavy atom. The van der Waals surface area contributed by atoms with Crippen LogP contribution in [0.15, 0.2) is 54.6 Å². The molecule has 2 saturated heterocycles. The summed E-state index contributed by atoms with van der Waals surface area (Å²) in [5.74, 6) is -0.0105. The predicted octanol–water partition coefficient (Wildman–Crippen LogP) is 2.87. The topological polar surface area (TPSA) is 41.6 Å². The van der Waals surface area contributed by atoms with Crippen molar-refractivity contribution in [2.24, 2.45) is 0 Å². The third kappa shape index (κ3) is 3.97. The number of ether oxygens (including phenoxy) is 1. The van der Waals surface area contributed by atoms with Gasteiger partial charge >= 0.3 is 0 Å². The van der Waals surface area contributed by atoms with Gasteiger partial charge in [-0.2, -0.15) is 0 Å². The molecular formula is C22H26N2O2. The summed E-state index contributed by atoms with van der Waals surface area (Å²) in [6.45, 7) is 3.46. The van der Waals surface area contributed by atoms with E-state index in [0.717, 1.165) is 30.7 Å². The lowest BCUT2D eigenvalue weighted by molar-refractivity contribution is -0.0461. The Morgan fingerprint density at radius 1 is 1.12 bits per heavy atom. The second kappa shape index (κ2) is 8.02. The highest BCUT2D eigenvalue weighted by molar-refractivity contribution is 5.95. The van der Waals surface area contributed by atoms with Crippen molar-refractivity contribution < 1.29 is 9.53 Å². The quantitative estimate of drug-likeness (QED) is 0.902. The highest BCUT2D eigenvalue weighted by atomic mass is 16.5. The minimum absolute atomic E-state index is 0.0105. The number of hydrogen-bond donors (Lipinski definition) is 1. The number of nitrogens with zero attached hydrogens (tertiary/aromatic N) is 1. The molecule has 0 unspecified atom stereocenters. The van der Waals surface area contributed by atoms with Gasteiger partial charge in [0.25, 0.3) is 5.91 Å². The lowest BCUT2D eigenvalue weighted by Crippen LogP contribution is -2.50. The number of rotatable bonds is 5. The summed E-state index contributed by atoms with van der Waals surface area (Å²) in [6.07, 6.45) is 3.36. The average Bonchev–Trinajstić information content (AvgIpc) is 3.15. The van der Waals surface area contributed by atoms with Gasteiger partial charge in [0.15, 0.2) is 0 Å². The van der Waals surface area contributed by atoms with E-state index in [4.69, 9.17) is 4.74 Å². The maximum atomic E-state index is 12.7. The van der Waals surface area contributed by atoms with E-state index in [2.05, 4.69) is 22.3 Å². The molecule has 0 aliphatic carbocycles. The summed E-state index contributed by atoms with van der Waals surface area (Å²) in [5.41, 5.74) is 3.02. The van der Waals surface area contributed by atoms with Gasteiger partial charge in [0.2, 0.25) is 0 Å². The van der Waals surface area contributed by atoms with E-state index in [9.17, 15) is 4.79 Å². The molecule has 1 amide bonds. The number of morpholine rings is 1. The van der Waals surface area contributed by atoms with Gasteiger partial charge in [-0.25, -0.2) is 0 Å². The van der Waals surface area contributed by atoms with Gasteiger partial charge in [0, 0.05) is 24.7 Å². The molecule has 4 heteroatoms. The van der Waals surface area contributed by atoms with Crippen LogP contribution in [0, 0.1) is 0 Å². The molecule has 2 atom stereocenters. The Labute approximate surface area is 155 Å². The largest absolute Gasteiger partial charge is 0.373 e. The van der Waals surface area contributed by atoms with Crippen LogP contribution in [0.4, 0.5) is 0 Å². The minimum Gasteiger partial charge on any atom is -0.373 e. The van der Waals surface area contributed by atoms with E-state index in [1.165, 1.54) is 24.9 Å². The molecule has 0 spiro atoms. The normalized spacial score (nSPS) is 22.8. The van der Waals surface area contributed by atoms with Crippen LogP contribution in [0.3, 0.4) is 0 Å². The second-order valence-corrected chi connectivity index (χ2v) is 7.28. The van der Waals surface area contributed by atoms with E-state index in [-0.39, 0.29) is 12.0 Å². The molecule has 4 nitrogen and oxygen atoms in total. The molecule has 0 saturated carbocycles. The lowest BCUT2D eigenvalue weighted by Gasteiger charge is -2.35. The van der Waals surface area contributed by atoms with Crippen LogP contribution in [0.2, 0.25) is 0 Å². The molecule has 0 bridgehead atoms. The summed E-state index contributed by atoms with van der Waals surface area (Å²) in [4.78, 5) is 15.2. The van der Waals surface area contributed by atoms with E-state index in [1.807, 2.05) is 42.5 Å². The molecule has 2 aliphatic rings. The van der Waals surface area contributed by atoms with Crippen molar-refractivity contribution in [3.8, 4) is 0 Å². The maximum Gasteiger partial charge on any atom is 0.251 e. The fourth-order valence-corrected chi connectivity index (χ4v) is 4.02. The Balaban J connectivity index is 1.37. The van der Waals surface area contributed by atoms with Gasteiger partial charge in [-0.1, -0.05) is 48.5 Å². The van der Waals surface area contributed by atoms with Crippen LogP contribution in [0.5, 0.6) is 0 Å². The molecule has 2 aromatic carbocycles. The molecule has 0 aromatic heterocycles. The molecule has 0 radical (unpaired) electrons. The first-order chi connectivity index (χ1) is 12.8. The average molecular weight is 350 g/mol. The van der Waals surface area contributed by atoms with E-state index in [1.54, 1.807) is 0 Å². The first-order valence-corrected chi connectivity index (χ1v) is 9.55. The number of hydrogen-bond acceptors (Lipinski definition) is 3. The van der Waals surface area contributed by atoms with Gasteiger partial charge < -0.3 is 10.1 Å². The first-order valence-electron chi connectivity index (χ1n) is 9.55. The molecule has 2 aliphatic heterocycles. The number of benzene rings is 2. The zero-order chi connectivity index (χ0) is 17.8. The van der Waals surface area contributed by atoms with Gasteiger partial charge in [0.1, 0.15) is 0 Å². The fraction of sp³-hybridized carbons (Fsp3) is 0.409. The third-order valence-electron chi connectivity index (χ3n) is 5.45. The van der Waals surface area contributed by atoms with Crippen molar-refractivity contribution in [3.63, 3.8) is 0 Å². The lowest BCUT2D eigenvalue weighted by atomic mass is 9.99. The Bertz CT molecular complexity index is 747. The van der Waals surface area contributed by atoms with Crippen LogP contribution in [0.1, 0.15) is 34.3 Å². The van der Waals surface area contributed by atoms with Gasteiger partial charge in [-0.05, 0) is 43.0 Å². The maximum absolute atomic E-state index is 12.7. The van der Waals surface area contributed by atoms with Crippen molar-refractivity contribution in [2.75, 3.05) is 26.2 Å². The highest BCUT2D eigenvalue weighted by Crippen LogP contribution is 2.22. The van der Waals surface area contributed by atoms with Crippen LogP contribution < -0.4 is 5.32 Å². The molecular weight excluding hydrogens is 324 g/mol. The van der Waals surface area contributed by atoms with Crippen LogP contribution in [0.25, 0.3) is 0 Å². The van der Waals surface area contributed by atoms with Crippen molar-refractivity contribution in [3.05, 3.63) is 71.3 Å². The Morgan fingerprint density at radius 2 is 1.92 bits per heavy atom. The second-order valence-electron chi connectivity index (χ2n) is 7.28. The molecule has 136 valence electrons. The van der Waals surface area contributed by atoms with Crippen LogP contribution in [-0.4, -0.2) is 49.2 Å². The van der Waals surface area contributed by atoms with Crippen molar-refractivity contribution in [1.29, 1.82) is 0 Å². The first kappa shape index (κ1) is 17.3. The summed E-state index contributed by atoms with van der Waals surface area (Å²) in [6, 6.07) is 18.7. The number of fused-ring (bicyclic) bond motifs is 1. The molecule has 4 rings (SSSR count). The Hall–Kier alpha value is -2.17. The minimum atomic E-state index is -0.0105. The van der Waals surface area contributed by atoms with Gasteiger partial charge in [-0.3, -0.25) is 9.69 Å². The number of amides is 1. The van der Waals surface area contributed by atoms with Gasteiger partial charge in [0.05, 0.1) is 12.7 Å². The summed E-state index contributed by atoms with van der Waals surface area (Å²) in [7, 11) is 0. The monoisotopic (exact) mass is 350 g/mol. The zero-order valence-electron chi connectivity index (χ0n) is 15.1. The van der Waals surface area contributed by atoms with Crippen molar-refractivity contribution >= 4 is 5.91 Å². The number of carbonyl (C=O) groups is 1. The molecule has 26 heavy (non-hydrogen) atoms. The summed E-state index contributed by atoms with van der Waals surface area (Å²) >= 11 is 0. The van der Waals surface area contributed by atoms with E-state index in [0.29, 0.717) is 12.6 Å². The third-order valence-corrected chi connectivity index (χ3v) is 5.45. The highest BCUT2D eigenvalue weighted by Gasteiger charge is 2.32. The molecule has 2 aromatic rings. The molecule has 1 N–H and O–H groups in total. The Kier molecular flexibility index (Phi) is 5.32. The van der Waals surface area contributed by atoms with Gasteiger partial charge in [-0.15, -0.1) is 0 Å². The number of nitrogens with one attached hydrogen (secondary N) is 1. The SMILES string of the molecule is O=C(NC[C@@H]1CN2CCC[C@@H]2CO1)c1ccccc1Cc1ccccc1. The van der Waals surface area contributed by atoms with E-state index < -0.39 is 0 Å². The molecule has 2 fully saturated rings. The number of carbonyl (C=O) groups excluding carboxylic acids is 1. The molecule has 2 heterocycles. The summed E-state index contributed by atoms with van der Waals surface area (Å²) < 4.78 is 5.95. The van der Waals surface area contributed by atoms with Crippen molar-refractivity contribution in [1.82, 2.24) is 10.2 Å². The van der Waals surface area contributed by atoms with Crippen LogP contribution >= 0.6 is 0 Å². The fourth-order valence-electron chi connectivity index (χ4n) is 4.02. The van der Waals surface area contributed by atoms with Crippen molar-refractivity contribution in [2.45, 2.75) is 31.4 Å².